The van der Waals surface area contributed by atoms with Gasteiger partial charge in [-0.25, -0.2) is 4.98 Å². The van der Waals surface area contributed by atoms with Crippen molar-refractivity contribution in [1.82, 2.24) is 14.5 Å². The van der Waals surface area contributed by atoms with Gasteiger partial charge in [-0.1, -0.05) is 78.4 Å². The van der Waals surface area contributed by atoms with Gasteiger partial charge in [-0.15, -0.1) is 0 Å². The van der Waals surface area contributed by atoms with Crippen molar-refractivity contribution in [3.05, 3.63) is 114 Å². The number of amides is 1. The molecule has 5 nitrogen and oxygen atoms in total. The van der Waals surface area contributed by atoms with E-state index in [-0.39, 0.29) is 11.8 Å². The molecule has 5 heteroatoms. The second-order valence-corrected chi connectivity index (χ2v) is 8.88. The number of carbonyl (C=O) groups excluding carboxylic acids is 1. The quantitative estimate of drug-likeness (QED) is 0.413. The van der Waals surface area contributed by atoms with Gasteiger partial charge in [0.2, 0.25) is 11.9 Å². The molecule has 0 aliphatic carbocycles. The Hall–Kier alpha value is -3.86. The first kappa shape index (κ1) is 22.0. The van der Waals surface area contributed by atoms with Crippen LogP contribution in [0.3, 0.4) is 0 Å². The third kappa shape index (κ3) is 4.74. The van der Waals surface area contributed by atoms with Crippen LogP contribution in [-0.2, 0) is 4.79 Å². The zero-order valence-electron chi connectivity index (χ0n) is 19.5. The van der Waals surface area contributed by atoms with Gasteiger partial charge in [0.15, 0.2) is 0 Å². The molecule has 1 fully saturated rings. The lowest BCUT2D eigenvalue weighted by Crippen LogP contribution is -2.49. The molecular weight excluding hydrogens is 420 g/mol. The third-order valence-electron chi connectivity index (χ3n) is 6.63. The Bertz CT molecular complexity index is 1170. The highest BCUT2D eigenvalue weighted by atomic mass is 16.2. The summed E-state index contributed by atoms with van der Waals surface area (Å²) in [5, 5.41) is 0. The van der Waals surface area contributed by atoms with Crippen LogP contribution in [0.1, 0.15) is 29.0 Å². The van der Waals surface area contributed by atoms with Crippen LogP contribution in [0.4, 0.5) is 5.95 Å². The molecule has 1 saturated heterocycles. The smallest absolute Gasteiger partial charge is 0.223 e. The molecule has 1 aliphatic heterocycles. The number of anilines is 1. The number of aromatic nitrogens is 2. The predicted octanol–water partition coefficient (Wildman–Crippen LogP) is 5.05. The largest absolute Gasteiger partial charge is 0.339 e. The van der Waals surface area contributed by atoms with Crippen molar-refractivity contribution in [2.75, 3.05) is 31.1 Å². The SMILES string of the molecule is Cc1ccc(-n2ccnc2N2CCN(C(=O)CC(c3ccccc3)c3ccccc3)CC2)cc1. The van der Waals surface area contributed by atoms with Crippen LogP contribution >= 0.6 is 0 Å². The highest BCUT2D eigenvalue weighted by molar-refractivity contribution is 5.78. The molecule has 34 heavy (non-hydrogen) atoms. The molecule has 3 aromatic carbocycles. The number of piperazine rings is 1. The zero-order valence-corrected chi connectivity index (χ0v) is 19.5. The van der Waals surface area contributed by atoms with Crippen molar-refractivity contribution in [2.45, 2.75) is 19.3 Å². The summed E-state index contributed by atoms with van der Waals surface area (Å²) in [5.41, 5.74) is 4.70. The number of aryl methyl sites for hydroxylation is 1. The summed E-state index contributed by atoms with van der Waals surface area (Å²) in [6.07, 6.45) is 4.32. The molecule has 0 bridgehead atoms. The Balaban J connectivity index is 1.27. The van der Waals surface area contributed by atoms with Crippen molar-refractivity contribution in [2.24, 2.45) is 0 Å². The van der Waals surface area contributed by atoms with Crippen LogP contribution in [0.25, 0.3) is 5.69 Å². The number of benzene rings is 3. The summed E-state index contributed by atoms with van der Waals surface area (Å²) >= 11 is 0. The second kappa shape index (κ2) is 9.96. The molecule has 0 unspecified atom stereocenters. The van der Waals surface area contributed by atoms with E-state index >= 15 is 0 Å². The Morgan fingerprint density at radius 3 is 2.00 bits per heavy atom. The summed E-state index contributed by atoms with van der Waals surface area (Å²) < 4.78 is 2.12. The van der Waals surface area contributed by atoms with Crippen LogP contribution in [0, 0.1) is 6.92 Å². The van der Waals surface area contributed by atoms with E-state index in [0.29, 0.717) is 19.5 Å². The topological polar surface area (TPSA) is 41.4 Å². The van der Waals surface area contributed by atoms with Crippen molar-refractivity contribution < 1.29 is 4.79 Å². The fraction of sp³-hybridized carbons (Fsp3) is 0.241. The van der Waals surface area contributed by atoms with E-state index in [1.807, 2.05) is 53.7 Å². The molecule has 0 spiro atoms. The summed E-state index contributed by atoms with van der Waals surface area (Å²) in [6, 6.07) is 29.2. The summed E-state index contributed by atoms with van der Waals surface area (Å²) in [5.74, 6) is 1.20. The molecule has 172 valence electrons. The van der Waals surface area contributed by atoms with E-state index in [0.717, 1.165) is 24.7 Å². The fourth-order valence-electron chi connectivity index (χ4n) is 4.69. The lowest BCUT2D eigenvalue weighted by molar-refractivity contribution is -0.131. The third-order valence-corrected chi connectivity index (χ3v) is 6.63. The molecule has 0 saturated carbocycles. The van der Waals surface area contributed by atoms with Gasteiger partial charge in [-0.2, -0.15) is 0 Å². The van der Waals surface area contributed by atoms with E-state index in [2.05, 4.69) is 69.9 Å². The van der Waals surface area contributed by atoms with Crippen molar-refractivity contribution >= 4 is 11.9 Å². The first-order valence-electron chi connectivity index (χ1n) is 11.9. The molecule has 4 aromatic rings. The maximum atomic E-state index is 13.4. The van der Waals surface area contributed by atoms with Gasteiger partial charge in [0.1, 0.15) is 0 Å². The zero-order chi connectivity index (χ0) is 23.3. The fourth-order valence-corrected chi connectivity index (χ4v) is 4.69. The van der Waals surface area contributed by atoms with Gasteiger partial charge in [0.25, 0.3) is 0 Å². The van der Waals surface area contributed by atoms with Gasteiger partial charge in [-0.3, -0.25) is 9.36 Å². The van der Waals surface area contributed by atoms with Crippen molar-refractivity contribution in [3.8, 4) is 5.69 Å². The molecule has 1 amide bonds. The van der Waals surface area contributed by atoms with E-state index < -0.39 is 0 Å². The highest BCUT2D eigenvalue weighted by Gasteiger charge is 2.26. The second-order valence-electron chi connectivity index (χ2n) is 8.88. The van der Waals surface area contributed by atoms with Gasteiger partial charge in [0, 0.05) is 56.6 Å². The average molecular weight is 451 g/mol. The van der Waals surface area contributed by atoms with Gasteiger partial charge in [-0.05, 0) is 30.2 Å². The lowest BCUT2D eigenvalue weighted by atomic mass is 9.88. The molecule has 0 radical (unpaired) electrons. The molecule has 1 aliphatic rings. The van der Waals surface area contributed by atoms with Crippen LogP contribution in [0.2, 0.25) is 0 Å². The van der Waals surface area contributed by atoms with E-state index in [4.69, 9.17) is 0 Å². The standard InChI is InChI=1S/C29H30N4O/c1-23-12-14-26(15-13-23)33-17-16-30-29(33)32-20-18-31(19-21-32)28(34)22-27(24-8-4-2-5-9-24)25-10-6-3-7-11-25/h2-17,27H,18-22H2,1H3. The van der Waals surface area contributed by atoms with Gasteiger partial charge in [0.05, 0.1) is 0 Å². The minimum Gasteiger partial charge on any atom is -0.339 e. The van der Waals surface area contributed by atoms with Crippen LogP contribution in [-0.4, -0.2) is 46.5 Å². The molecule has 2 heterocycles. The number of rotatable bonds is 6. The number of carbonyl (C=O) groups is 1. The highest BCUT2D eigenvalue weighted by Crippen LogP contribution is 2.29. The normalized spacial score (nSPS) is 13.9. The van der Waals surface area contributed by atoms with E-state index in [1.165, 1.54) is 16.7 Å². The Labute approximate surface area is 201 Å². The monoisotopic (exact) mass is 450 g/mol. The number of imidazole rings is 1. The summed E-state index contributed by atoms with van der Waals surface area (Å²) in [6.45, 7) is 5.05. The molecular formula is C29H30N4O. The number of hydrogen-bond donors (Lipinski definition) is 0. The van der Waals surface area contributed by atoms with E-state index in [9.17, 15) is 4.79 Å². The van der Waals surface area contributed by atoms with Crippen LogP contribution < -0.4 is 4.90 Å². The Morgan fingerprint density at radius 1 is 0.824 bits per heavy atom. The maximum absolute atomic E-state index is 13.4. The number of hydrogen-bond acceptors (Lipinski definition) is 3. The Morgan fingerprint density at radius 2 is 1.41 bits per heavy atom. The first-order chi connectivity index (χ1) is 16.7. The van der Waals surface area contributed by atoms with E-state index in [1.54, 1.807) is 0 Å². The average Bonchev–Trinajstić information content (AvgIpc) is 3.39. The number of nitrogens with zero attached hydrogens (tertiary/aromatic N) is 4. The van der Waals surface area contributed by atoms with Crippen LogP contribution in [0.15, 0.2) is 97.3 Å². The molecule has 0 atom stereocenters. The van der Waals surface area contributed by atoms with Crippen molar-refractivity contribution in [1.29, 1.82) is 0 Å². The molecule has 0 N–H and O–H groups in total. The molecule has 5 rings (SSSR count). The first-order valence-corrected chi connectivity index (χ1v) is 11.9. The minimum absolute atomic E-state index is 0.0633. The van der Waals surface area contributed by atoms with Crippen LogP contribution in [0.5, 0.6) is 0 Å². The van der Waals surface area contributed by atoms with Crippen molar-refractivity contribution in [3.63, 3.8) is 0 Å². The Kier molecular flexibility index (Phi) is 6.43. The lowest BCUT2D eigenvalue weighted by Gasteiger charge is -2.36. The van der Waals surface area contributed by atoms with Gasteiger partial charge < -0.3 is 9.80 Å². The predicted molar refractivity (Wildman–Crippen MR) is 136 cm³/mol. The minimum atomic E-state index is 0.0633. The summed E-state index contributed by atoms with van der Waals surface area (Å²) in [7, 11) is 0. The molecule has 1 aromatic heterocycles. The maximum Gasteiger partial charge on any atom is 0.223 e. The summed E-state index contributed by atoms with van der Waals surface area (Å²) in [4.78, 5) is 22.3. The van der Waals surface area contributed by atoms with Gasteiger partial charge >= 0.3 is 0 Å².